The fourth-order valence-electron chi connectivity index (χ4n) is 1.45. The van der Waals surface area contributed by atoms with Gasteiger partial charge < -0.3 is 15.4 Å². The molecule has 0 saturated heterocycles. The summed E-state index contributed by atoms with van der Waals surface area (Å²) in [5.41, 5.74) is 6.22. The van der Waals surface area contributed by atoms with Crippen LogP contribution in [0.5, 0.6) is 0 Å². The van der Waals surface area contributed by atoms with Gasteiger partial charge in [0.15, 0.2) is 5.82 Å². The lowest BCUT2D eigenvalue weighted by Gasteiger charge is -2.22. The van der Waals surface area contributed by atoms with Gasteiger partial charge in [-0.3, -0.25) is 4.79 Å². The van der Waals surface area contributed by atoms with Crippen molar-refractivity contribution in [1.29, 1.82) is 0 Å². The Morgan fingerprint density at radius 3 is 2.83 bits per heavy atom. The molecular formula is C11H16N4O2S. The van der Waals surface area contributed by atoms with Gasteiger partial charge in [0.1, 0.15) is 11.5 Å². The fourth-order valence-corrected chi connectivity index (χ4v) is 1.61. The molecule has 0 unspecified atom stereocenters. The maximum Gasteiger partial charge on any atom is 0.325 e. The first-order valence-electron chi connectivity index (χ1n) is 5.62. The number of esters is 1. The second-order valence-corrected chi connectivity index (χ2v) is 3.89. The van der Waals surface area contributed by atoms with E-state index in [9.17, 15) is 4.79 Å². The van der Waals surface area contributed by atoms with E-state index >= 15 is 0 Å². The number of anilines is 1. The molecule has 1 heterocycles. The van der Waals surface area contributed by atoms with Crippen LogP contribution < -0.4 is 10.6 Å². The molecule has 0 amide bonds. The summed E-state index contributed by atoms with van der Waals surface area (Å²) in [6.45, 7) is 4.68. The Balaban J connectivity index is 2.94. The summed E-state index contributed by atoms with van der Waals surface area (Å²) in [5, 5.41) is 7.78. The molecular weight excluding hydrogens is 252 g/mol. The number of nitrogens with zero attached hydrogens (tertiary/aromatic N) is 3. The number of rotatable bonds is 6. The van der Waals surface area contributed by atoms with Crippen molar-refractivity contribution in [2.75, 3.05) is 24.6 Å². The van der Waals surface area contributed by atoms with Gasteiger partial charge in [0.25, 0.3) is 0 Å². The number of carbonyl (C=O) groups excluding carboxylic acids is 1. The van der Waals surface area contributed by atoms with Crippen LogP contribution in [0.15, 0.2) is 12.3 Å². The molecule has 0 radical (unpaired) electrons. The van der Waals surface area contributed by atoms with E-state index in [1.807, 2.05) is 6.92 Å². The summed E-state index contributed by atoms with van der Waals surface area (Å²) in [6.07, 6.45) is 1.51. The smallest absolute Gasteiger partial charge is 0.325 e. The second-order valence-electron chi connectivity index (χ2n) is 3.45. The number of nitrogens with two attached hydrogens (primary N) is 1. The molecule has 7 heteroatoms. The van der Waals surface area contributed by atoms with Gasteiger partial charge in [-0.25, -0.2) is 0 Å². The van der Waals surface area contributed by atoms with Crippen molar-refractivity contribution >= 4 is 29.0 Å². The van der Waals surface area contributed by atoms with Crippen LogP contribution in [-0.4, -0.2) is 40.9 Å². The van der Waals surface area contributed by atoms with Gasteiger partial charge >= 0.3 is 5.97 Å². The van der Waals surface area contributed by atoms with E-state index in [1.165, 1.54) is 6.20 Å². The zero-order valence-corrected chi connectivity index (χ0v) is 11.2. The number of thiocarbonyl (C=S) groups is 1. The number of hydrogen-bond donors (Lipinski definition) is 1. The van der Waals surface area contributed by atoms with Gasteiger partial charge in [0.2, 0.25) is 0 Å². The quantitative estimate of drug-likeness (QED) is 0.594. The summed E-state index contributed by atoms with van der Waals surface area (Å²) in [4.78, 5) is 13.4. The van der Waals surface area contributed by atoms with Crippen molar-refractivity contribution in [3.8, 4) is 0 Å². The van der Waals surface area contributed by atoms with Gasteiger partial charge in [-0.1, -0.05) is 12.2 Å². The van der Waals surface area contributed by atoms with Gasteiger partial charge in [-0.05, 0) is 19.9 Å². The average Bonchev–Trinajstić information content (AvgIpc) is 2.36. The molecule has 0 saturated carbocycles. The zero-order chi connectivity index (χ0) is 13.5. The third-order valence-electron chi connectivity index (χ3n) is 2.27. The zero-order valence-electron chi connectivity index (χ0n) is 10.4. The predicted molar refractivity (Wildman–Crippen MR) is 72.4 cm³/mol. The highest BCUT2D eigenvalue weighted by molar-refractivity contribution is 7.80. The van der Waals surface area contributed by atoms with Crippen LogP contribution in [0.3, 0.4) is 0 Å². The van der Waals surface area contributed by atoms with Crippen LogP contribution in [-0.2, 0) is 9.53 Å². The van der Waals surface area contributed by atoms with Crippen molar-refractivity contribution in [2.24, 2.45) is 5.73 Å². The summed E-state index contributed by atoms with van der Waals surface area (Å²) >= 11 is 4.95. The first-order valence-corrected chi connectivity index (χ1v) is 6.03. The molecule has 0 aromatic carbocycles. The third-order valence-corrected chi connectivity index (χ3v) is 2.49. The molecule has 18 heavy (non-hydrogen) atoms. The van der Waals surface area contributed by atoms with E-state index < -0.39 is 0 Å². The second kappa shape index (κ2) is 6.85. The molecule has 0 atom stereocenters. The van der Waals surface area contributed by atoms with Crippen molar-refractivity contribution in [3.63, 3.8) is 0 Å². The lowest BCUT2D eigenvalue weighted by molar-refractivity contribution is -0.141. The van der Waals surface area contributed by atoms with Crippen molar-refractivity contribution in [1.82, 2.24) is 10.2 Å². The van der Waals surface area contributed by atoms with Crippen molar-refractivity contribution < 1.29 is 9.53 Å². The number of likely N-dealkylation sites (N-methyl/N-ethyl adjacent to an activating group) is 1. The summed E-state index contributed by atoms with van der Waals surface area (Å²) in [6, 6.07) is 1.68. The Labute approximate surface area is 111 Å². The Morgan fingerprint density at radius 2 is 2.28 bits per heavy atom. The third kappa shape index (κ3) is 3.63. The molecule has 6 nitrogen and oxygen atoms in total. The lowest BCUT2D eigenvalue weighted by atomic mass is 10.2. The lowest BCUT2D eigenvalue weighted by Crippen LogP contribution is -2.33. The van der Waals surface area contributed by atoms with E-state index in [0.717, 1.165) is 0 Å². The Kier molecular flexibility index (Phi) is 5.44. The Morgan fingerprint density at radius 1 is 1.56 bits per heavy atom. The summed E-state index contributed by atoms with van der Waals surface area (Å²) < 4.78 is 4.90. The average molecular weight is 268 g/mol. The van der Waals surface area contributed by atoms with E-state index in [-0.39, 0.29) is 17.5 Å². The van der Waals surface area contributed by atoms with Crippen molar-refractivity contribution in [2.45, 2.75) is 13.8 Å². The molecule has 0 aliphatic heterocycles. The highest BCUT2D eigenvalue weighted by Crippen LogP contribution is 2.15. The minimum absolute atomic E-state index is 0.0959. The fraction of sp³-hybridized carbons (Fsp3) is 0.455. The maximum atomic E-state index is 11.5. The summed E-state index contributed by atoms with van der Waals surface area (Å²) in [7, 11) is 0. The Bertz CT molecular complexity index is 439. The number of aromatic nitrogens is 2. The minimum Gasteiger partial charge on any atom is -0.465 e. The molecule has 0 bridgehead atoms. The van der Waals surface area contributed by atoms with Crippen LogP contribution in [0.25, 0.3) is 0 Å². The molecule has 1 rings (SSSR count). The molecule has 0 fully saturated rings. The molecule has 0 aliphatic carbocycles. The topological polar surface area (TPSA) is 81.3 Å². The standard InChI is InChI=1S/C11H16N4O2S/c1-3-15(7-9(16)17-4-2)11-8(10(12)18)5-6-13-14-11/h5-6H,3-4,7H2,1-2H3,(H2,12,18). The van der Waals surface area contributed by atoms with E-state index in [1.54, 1.807) is 17.9 Å². The van der Waals surface area contributed by atoms with Crippen LogP contribution >= 0.6 is 12.2 Å². The van der Waals surface area contributed by atoms with Crippen LogP contribution in [0, 0.1) is 0 Å². The van der Waals surface area contributed by atoms with Gasteiger partial charge in [0, 0.05) is 6.54 Å². The highest BCUT2D eigenvalue weighted by atomic mass is 32.1. The Hall–Kier alpha value is -1.76. The van der Waals surface area contributed by atoms with Gasteiger partial charge in [-0.2, -0.15) is 5.10 Å². The van der Waals surface area contributed by atoms with E-state index in [2.05, 4.69) is 10.2 Å². The molecule has 1 aromatic rings. The minimum atomic E-state index is -0.320. The van der Waals surface area contributed by atoms with Crippen molar-refractivity contribution in [3.05, 3.63) is 17.8 Å². The van der Waals surface area contributed by atoms with Gasteiger partial charge in [0.05, 0.1) is 18.4 Å². The largest absolute Gasteiger partial charge is 0.465 e. The first-order chi connectivity index (χ1) is 8.60. The normalized spacial score (nSPS) is 9.89. The van der Waals surface area contributed by atoms with Crippen LogP contribution in [0.2, 0.25) is 0 Å². The molecule has 2 N–H and O–H groups in total. The first kappa shape index (κ1) is 14.3. The van der Waals surface area contributed by atoms with E-state index in [4.69, 9.17) is 22.7 Å². The molecule has 0 spiro atoms. The summed E-state index contributed by atoms with van der Waals surface area (Å²) in [5.74, 6) is 0.180. The monoisotopic (exact) mass is 268 g/mol. The van der Waals surface area contributed by atoms with Crippen LogP contribution in [0.1, 0.15) is 19.4 Å². The number of carbonyl (C=O) groups is 1. The van der Waals surface area contributed by atoms with Gasteiger partial charge in [-0.15, -0.1) is 5.10 Å². The highest BCUT2D eigenvalue weighted by Gasteiger charge is 2.17. The predicted octanol–water partition coefficient (Wildman–Crippen LogP) is 0.500. The molecule has 0 aliphatic rings. The van der Waals surface area contributed by atoms with E-state index in [0.29, 0.717) is 24.5 Å². The molecule has 98 valence electrons. The SMILES string of the molecule is CCOC(=O)CN(CC)c1nnccc1C(N)=S. The number of ether oxygens (including phenoxy) is 1. The number of hydrogen-bond acceptors (Lipinski definition) is 6. The van der Waals surface area contributed by atoms with Crippen LogP contribution in [0.4, 0.5) is 5.82 Å². The molecule has 1 aromatic heterocycles. The maximum absolute atomic E-state index is 11.5.